The molecule has 2 aliphatic heterocycles. The number of rotatable bonds is 3. The fourth-order valence-corrected chi connectivity index (χ4v) is 6.49. The van der Waals surface area contributed by atoms with Crippen LogP contribution in [0.2, 0.25) is 9.36 Å². The smallest absolute Gasteiger partial charge is 0.321 e. The lowest BCUT2D eigenvalue weighted by atomic mass is 9.65. The van der Waals surface area contributed by atoms with E-state index in [-0.39, 0.29) is 21.9 Å². The summed E-state index contributed by atoms with van der Waals surface area (Å²) in [6.07, 6.45) is 0.498. The van der Waals surface area contributed by atoms with Crippen LogP contribution in [0.3, 0.4) is 0 Å². The molecular weight excluding hydrogens is 450 g/mol. The molecule has 1 saturated heterocycles. The van der Waals surface area contributed by atoms with Gasteiger partial charge in [-0.3, -0.25) is 14.9 Å². The van der Waals surface area contributed by atoms with Gasteiger partial charge in [0.05, 0.1) is 15.0 Å². The molecule has 160 valence electrons. The largest absolute Gasteiger partial charge is 0.480 e. The zero-order chi connectivity index (χ0) is 22.0. The van der Waals surface area contributed by atoms with E-state index in [0.717, 1.165) is 0 Å². The van der Waals surface area contributed by atoms with Crippen molar-refractivity contribution >= 4 is 52.1 Å². The molecule has 0 bridgehead atoms. The molecule has 1 amide bonds. The standard InChI is InChI=1S/C21H21Cl2FN2O3S/c1-20(2,3)8-12-21(17-11(25-19(21)29)7-13(23)30-17)14(16(26-12)18(27)28)9-5-4-6-10(22)15(9)24/h4-7,12,14,16,26H,8H2,1-3H3,(H,25,29)(H,27,28)/t12-,14-,16+,21+/m0/s1. The summed E-state index contributed by atoms with van der Waals surface area (Å²) in [7, 11) is 0. The number of nitrogens with one attached hydrogen (secondary N) is 2. The molecule has 5 nitrogen and oxygen atoms in total. The molecule has 1 spiro atoms. The molecule has 0 unspecified atom stereocenters. The minimum Gasteiger partial charge on any atom is -0.480 e. The molecule has 0 radical (unpaired) electrons. The first-order valence-corrected chi connectivity index (χ1v) is 11.1. The number of thiophene rings is 1. The highest BCUT2D eigenvalue weighted by molar-refractivity contribution is 7.17. The summed E-state index contributed by atoms with van der Waals surface area (Å²) >= 11 is 13.5. The maximum atomic E-state index is 15.2. The lowest BCUT2D eigenvalue weighted by Crippen LogP contribution is -2.49. The van der Waals surface area contributed by atoms with E-state index in [1.165, 1.54) is 23.5 Å². The zero-order valence-corrected chi connectivity index (χ0v) is 18.9. The number of carbonyl (C=O) groups excluding carboxylic acids is 1. The predicted octanol–water partition coefficient (Wildman–Crippen LogP) is 5.03. The lowest BCUT2D eigenvalue weighted by molar-refractivity contribution is -0.139. The summed E-state index contributed by atoms with van der Waals surface area (Å²) in [5.41, 5.74) is -0.894. The van der Waals surface area contributed by atoms with Gasteiger partial charge >= 0.3 is 5.97 Å². The monoisotopic (exact) mass is 470 g/mol. The highest BCUT2D eigenvalue weighted by Crippen LogP contribution is 2.59. The molecule has 1 aromatic carbocycles. The normalized spacial score (nSPS) is 28.1. The summed E-state index contributed by atoms with van der Waals surface area (Å²) in [4.78, 5) is 26.5. The number of amides is 1. The maximum Gasteiger partial charge on any atom is 0.321 e. The van der Waals surface area contributed by atoms with Gasteiger partial charge in [0, 0.05) is 16.8 Å². The van der Waals surface area contributed by atoms with Crippen LogP contribution in [0.4, 0.5) is 10.1 Å². The Morgan fingerprint density at radius 2 is 2.03 bits per heavy atom. The number of carbonyl (C=O) groups is 2. The summed E-state index contributed by atoms with van der Waals surface area (Å²) in [5.74, 6) is -3.22. The second kappa shape index (κ2) is 7.19. The van der Waals surface area contributed by atoms with Crippen molar-refractivity contribution in [1.82, 2.24) is 5.32 Å². The van der Waals surface area contributed by atoms with Gasteiger partial charge in [-0.25, -0.2) is 4.39 Å². The number of aliphatic carboxylic acids is 1. The summed E-state index contributed by atoms with van der Waals surface area (Å²) in [6.45, 7) is 6.04. The van der Waals surface area contributed by atoms with Crippen LogP contribution in [0.5, 0.6) is 0 Å². The van der Waals surface area contributed by atoms with Gasteiger partial charge in [0.1, 0.15) is 17.3 Å². The van der Waals surface area contributed by atoms with Crippen LogP contribution < -0.4 is 10.6 Å². The van der Waals surface area contributed by atoms with Crippen molar-refractivity contribution in [3.63, 3.8) is 0 Å². The van der Waals surface area contributed by atoms with Crippen molar-refractivity contribution in [2.45, 2.75) is 50.6 Å². The Bertz CT molecular complexity index is 1050. The number of fused-ring (bicyclic) bond motifs is 2. The lowest BCUT2D eigenvalue weighted by Gasteiger charge is -2.36. The second-order valence-corrected chi connectivity index (χ2v) is 11.1. The molecule has 2 aromatic rings. The van der Waals surface area contributed by atoms with E-state index in [1.807, 2.05) is 20.8 Å². The quantitative estimate of drug-likeness (QED) is 0.587. The Balaban J connectivity index is 2.02. The Kier molecular flexibility index (Phi) is 5.17. The van der Waals surface area contributed by atoms with Gasteiger partial charge in [0.15, 0.2) is 0 Å². The third kappa shape index (κ3) is 3.14. The van der Waals surface area contributed by atoms with Crippen LogP contribution >= 0.6 is 34.5 Å². The minimum absolute atomic E-state index is 0.103. The molecule has 0 aliphatic carbocycles. The minimum atomic E-state index is -1.32. The average Bonchev–Trinajstić information content (AvgIpc) is 3.22. The van der Waals surface area contributed by atoms with E-state index in [4.69, 9.17) is 23.2 Å². The van der Waals surface area contributed by atoms with Crippen molar-refractivity contribution in [1.29, 1.82) is 0 Å². The second-order valence-electron chi connectivity index (χ2n) is 9.04. The molecule has 3 heterocycles. The zero-order valence-electron chi connectivity index (χ0n) is 16.6. The molecule has 9 heteroatoms. The molecule has 1 aromatic heterocycles. The van der Waals surface area contributed by atoms with Gasteiger partial charge in [-0.15, -0.1) is 11.3 Å². The van der Waals surface area contributed by atoms with Crippen molar-refractivity contribution in [2.24, 2.45) is 5.41 Å². The van der Waals surface area contributed by atoms with Crippen LogP contribution in [0, 0.1) is 11.2 Å². The topological polar surface area (TPSA) is 78.4 Å². The summed E-state index contributed by atoms with van der Waals surface area (Å²) in [6, 6.07) is 4.41. The van der Waals surface area contributed by atoms with Gasteiger partial charge < -0.3 is 10.4 Å². The van der Waals surface area contributed by atoms with E-state index in [9.17, 15) is 14.7 Å². The Morgan fingerprint density at radius 1 is 1.33 bits per heavy atom. The van der Waals surface area contributed by atoms with Crippen LogP contribution in [0.25, 0.3) is 0 Å². The number of hydrogen-bond donors (Lipinski definition) is 3. The summed E-state index contributed by atoms with van der Waals surface area (Å²) < 4.78 is 15.7. The van der Waals surface area contributed by atoms with E-state index < -0.39 is 35.2 Å². The van der Waals surface area contributed by atoms with E-state index in [2.05, 4.69) is 10.6 Å². The van der Waals surface area contributed by atoms with Crippen molar-refractivity contribution < 1.29 is 19.1 Å². The molecule has 2 aliphatic rings. The number of anilines is 1. The van der Waals surface area contributed by atoms with Crippen LogP contribution in [-0.4, -0.2) is 29.1 Å². The molecule has 30 heavy (non-hydrogen) atoms. The fourth-order valence-electron chi connectivity index (χ4n) is 4.84. The Hall–Kier alpha value is -1.67. The van der Waals surface area contributed by atoms with E-state index in [0.29, 0.717) is 21.3 Å². The highest BCUT2D eigenvalue weighted by Gasteiger charge is 2.67. The highest BCUT2D eigenvalue weighted by atomic mass is 35.5. The number of benzene rings is 1. The third-order valence-electron chi connectivity index (χ3n) is 5.86. The van der Waals surface area contributed by atoms with E-state index >= 15 is 4.39 Å². The van der Waals surface area contributed by atoms with Gasteiger partial charge in [-0.2, -0.15) is 0 Å². The molecule has 4 atom stereocenters. The molecule has 1 fully saturated rings. The first-order chi connectivity index (χ1) is 14.0. The maximum absolute atomic E-state index is 15.2. The number of hydrogen-bond acceptors (Lipinski definition) is 4. The van der Waals surface area contributed by atoms with Crippen molar-refractivity contribution in [3.05, 3.63) is 49.9 Å². The Labute approximate surface area is 187 Å². The fraction of sp³-hybridized carbons (Fsp3) is 0.429. The van der Waals surface area contributed by atoms with Crippen LogP contribution in [0.15, 0.2) is 24.3 Å². The summed E-state index contributed by atoms with van der Waals surface area (Å²) in [5, 5.41) is 15.9. The van der Waals surface area contributed by atoms with Gasteiger partial charge in [0.2, 0.25) is 5.91 Å². The molecule has 4 rings (SSSR count). The molecule has 3 N–H and O–H groups in total. The van der Waals surface area contributed by atoms with Crippen LogP contribution in [0.1, 0.15) is 43.6 Å². The number of carboxylic acids is 1. The van der Waals surface area contributed by atoms with Gasteiger partial charge in [-0.05, 0) is 29.5 Å². The third-order valence-corrected chi connectivity index (χ3v) is 7.56. The van der Waals surface area contributed by atoms with E-state index in [1.54, 1.807) is 12.1 Å². The SMILES string of the molecule is CC(C)(C)C[C@@H]1N[C@@H](C(=O)O)[C@H](c2cccc(Cl)c2F)[C@]12C(=O)Nc1cc(Cl)sc12. The van der Waals surface area contributed by atoms with Crippen molar-refractivity contribution in [2.75, 3.05) is 5.32 Å². The molecule has 0 saturated carbocycles. The predicted molar refractivity (Wildman–Crippen MR) is 116 cm³/mol. The average molecular weight is 471 g/mol. The van der Waals surface area contributed by atoms with Gasteiger partial charge in [-0.1, -0.05) is 56.1 Å². The molecular formula is C21H21Cl2FN2O3S. The number of carboxylic acid groups (broad SMARTS) is 1. The first kappa shape index (κ1) is 21.6. The van der Waals surface area contributed by atoms with Crippen LogP contribution in [-0.2, 0) is 15.0 Å². The first-order valence-electron chi connectivity index (χ1n) is 9.51. The Morgan fingerprint density at radius 3 is 2.67 bits per heavy atom. The van der Waals surface area contributed by atoms with Gasteiger partial charge in [0.25, 0.3) is 0 Å². The van der Waals surface area contributed by atoms with Crippen molar-refractivity contribution in [3.8, 4) is 0 Å². The number of halogens is 3.